The van der Waals surface area contributed by atoms with E-state index in [0.29, 0.717) is 18.5 Å². The van der Waals surface area contributed by atoms with Gasteiger partial charge in [-0.2, -0.15) is 0 Å². The van der Waals surface area contributed by atoms with Gasteiger partial charge >= 0.3 is 0 Å². The fourth-order valence-corrected chi connectivity index (χ4v) is 3.27. The monoisotopic (exact) mass is 490 g/mol. The number of carbonyl (C=O) groups is 1. The normalized spacial score (nSPS) is 15.0. The van der Waals surface area contributed by atoms with Crippen LogP contribution >= 0.6 is 24.0 Å². The zero-order valence-corrected chi connectivity index (χ0v) is 18.6. The van der Waals surface area contributed by atoms with Crippen LogP contribution in [-0.4, -0.2) is 37.5 Å². The van der Waals surface area contributed by atoms with E-state index < -0.39 is 0 Å². The van der Waals surface area contributed by atoms with Crippen molar-refractivity contribution in [1.29, 1.82) is 0 Å². The highest BCUT2D eigenvalue weighted by atomic mass is 127. The van der Waals surface area contributed by atoms with E-state index in [2.05, 4.69) is 20.9 Å². The molecular formula is C20H32FIN4O. The molecule has 1 amide bonds. The Hall–Kier alpha value is -1.38. The standard InChI is InChI=1S/C20H31FN4O.HI/c1-3-22-20(23-12-11-16-9-10-17(21)13-15(16)2)24-14-19(26)25-18-7-5-4-6-8-18;/h9-10,13,18H,3-8,11-12,14H2,1-2H3,(H,25,26)(H2,22,23,24);1H. The van der Waals surface area contributed by atoms with Crippen LogP contribution in [0.25, 0.3) is 0 Å². The van der Waals surface area contributed by atoms with Crippen LogP contribution < -0.4 is 16.0 Å². The van der Waals surface area contributed by atoms with Crippen LogP contribution in [0.1, 0.15) is 50.2 Å². The van der Waals surface area contributed by atoms with Gasteiger partial charge in [-0.15, -0.1) is 24.0 Å². The maximum Gasteiger partial charge on any atom is 0.242 e. The number of carbonyl (C=O) groups excluding carboxylic acids is 1. The molecule has 1 aliphatic rings. The molecule has 5 nitrogen and oxygen atoms in total. The van der Waals surface area contributed by atoms with E-state index in [9.17, 15) is 9.18 Å². The van der Waals surface area contributed by atoms with Crippen molar-refractivity contribution in [3.63, 3.8) is 0 Å². The summed E-state index contributed by atoms with van der Waals surface area (Å²) in [6.45, 7) is 5.42. The Bertz CT molecular complexity index is 618. The zero-order chi connectivity index (χ0) is 18.8. The maximum absolute atomic E-state index is 13.2. The molecule has 7 heteroatoms. The van der Waals surface area contributed by atoms with Crippen molar-refractivity contribution in [2.45, 2.75) is 58.4 Å². The minimum absolute atomic E-state index is 0. The molecular weight excluding hydrogens is 458 g/mol. The molecule has 1 aliphatic carbocycles. The molecule has 0 saturated heterocycles. The van der Waals surface area contributed by atoms with Crippen LogP contribution in [0.3, 0.4) is 0 Å². The molecule has 0 heterocycles. The first-order valence-electron chi connectivity index (χ1n) is 9.65. The van der Waals surface area contributed by atoms with Gasteiger partial charge in [0.2, 0.25) is 5.91 Å². The van der Waals surface area contributed by atoms with Crippen LogP contribution in [0.15, 0.2) is 23.2 Å². The third-order valence-electron chi connectivity index (χ3n) is 4.69. The Balaban J connectivity index is 0.00000364. The second-order valence-corrected chi connectivity index (χ2v) is 6.85. The second-order valence-electron chi connectivity index (χ2n) is 6.85. The summed E-state index contributed by atoms with van der Waals surface area (Å²) >= 11 is 0. The molecule has 3 N–H and O–H groups in total. The Kier molecular flexibility index (Phi) is 11.3. The number of nitrogens with one attached hydrogen (secondary N) is 3. The number of amides is 1. The smallest absolute Gasteiger partial charge is 0.242 e. The van der Waals surface area contributed by atoms with E-state index in [-0.39, 0.29) is 42.2 Å². The third kappa shape index (κ3) is 8.90. The number of hydrogen-bond donors (Lipinski definition) is 3. The minimum Gasteiger partial charge on any atom is -0.357 e. The molecule has 0 radical (unpaired) electrons. The molecule has 1 aromatic rings. The lowest BCUT2D eigenvalue weighted by molar-refractivity contribution is -0.120. The van der Waals surface area contributed by atoms with Gasteiger partial charge in [0.1, 0.15) is 12.4 Å². The molecule has 0 atom stereocenters. The average molecular weight is 490 g/mol. The van der Waals surface area contributed by atoms with Crippen LogP contribution in [0.5, 0.6) is 0 Å². The number of rotatable bonds is 7. The molecule has 152 valence electrons. The van der Waals surface area contributed by atoms with Crippen molar-refractivity contribution in [2.24, 2.45) is 4.99 Å². The van der Waals surface area contributed by atoms with Crippen LogP contribution in [-0.2, 0) is 11.2 Å². The molecule has 0 aromatic heterocycles. The Labute approximate surface area is 179 Å². The highest BCUT2D eigenvalue weighted by Gasteiger charge is 2.15. The van der Waals surface area contributed by atoms with Crippen molar-refractivity contribution >= 4 is 35.8 Å². The molecule has 0 spiro atoms. The van der Waals surface area contributed by atoms with E-state index in [1.54, 1.807) is 6.07 Å². The first kappa shape index (κ1) is 23.7. The molecule has 1 saturated carbocycles. The number of guanidine groups is 1. The van der Waals surface area contributed by atoms with Gasteiger partial charge in [-0.25, -0.2) is 9.38 Å². The van der Waals surface area contributed by atoms with Crippen LogP contribution in [0.4, 0.5) is 4.39 Å². The third-order valence-corrected chi connectivity index (χ3v) is 4.69. The predicted octanol–water partition coefficient (Wildman–Crippen LogP) is 3.30. The van der Waals surface area contributed by atoms with Gasteiger partial charge in [-0.05, 0) is 56.4 Å². The van der Waals surface area contributed by atoms with Crippen molar-refractivity contribution < 1.29 is 9.18 Å². The van der Waals surface area contributed by atoms with Gasteiger partial charge in [-0.1, -0.05) is 25.3 Å². The summed E-state index contributed by atoms with van der Waals surface area (Å²) in [5, 5.41) is 9.46. The van der Waals surface area contributed by atoms with Crippen molar-refractivity contribution in [3.8, 4) is 0 Å². The molecule has 0 bridgehead atoms. The fraction of sp³-hybridized carbons (Fsp3) is 0.600. The largest absolute Gasteiger partial charge is 0.357 e. The predicted molar refractivity (Wildman–Crippen MR) is 119 cm³/mol. The lowest BCUT2D eigenvalue weighted by Crippen LogP contribution is -2.41. The first-order chi connectivity index (χ1) is 12.6. The number of hydrogen-bond acceptors (Lipinski definition) is 2. The summed E-state index contributed by atoms with van der Waals surface area (Å²) in [5.74, 6) is 0.396. The van der Waals surface area contributed by atoms with Crippen molar-refractivity contribution in [1.82, 2.24) is 16.0 Å². The minimum atomic E-state index is -0.210. The average Bonchev–Trinajstić information content (AvgIpc) is 2.62. The first-order valence-corrected chi connectivity index (χ1v) is 9.65. The Morgan fingerprint density at radius 2 is 1.96 bits per heavy atom. The summed E-state index contributed by atoms with van der Waals surface area (Å²) in [7, 11) is 0. The van der Waals surface area contributed by atoms with E-state index in [4.69, 9.17) is 0 Å². The topological polar surface area (TPSA) is 65.5 Å². The van der Waals surface area contributed by atoms with Gasteiger partial charge in [0.25, 0.3) is 0 Å². The van der Waals surface area contributed by atoms with Crippen molar-refractivity contribution in [2.75, 3.05) is 19.6 Å². The summed E-state index contributed by atoms with van der Waals surface area (Å²) in [4.78, 5) is 16.5. The molecule has 0 unspecified atom stereocenters. The van der Waals surface area contributed by atoms with E-state index >= 15 is 0 Å². The summed E-state index contributed by atoms with van der Waals surface area (Å²) in [6, 6.07) is 5.15. The van der Waals surface area contributed by atoms with Crippen molar-refractivity contribution in [3.05, 3.63) is 35.1 Å². The van der Waals surface area contributed by atoms with E-state index in [1.165, 1.54) is 25.3 Å². The lowest BCUT2D eigenvalue weighted by atomic mass is 9.95. The summed E-state index contributed by atoms with van der Waals surface area (Å²) in [5.41, 5.74) is 2.05. The maximum atomic E-state index is 13.2. The fourth-order valence-electron chi connectivity index (χ4n) is 3.27. The van der Waals surface area contributed by atoms with Gasteiger partial charge in [0.15, 0.2) is 5.96 Å². The molecule has 27 heavy (non-hydrogen) atoms. The van der Waals surface area contributed by atoms with E-state index in [0.717, 1.165) is 36.9 Å². The quantitative estimate of drug-likeness (QED) is 0.312. The molecule has 2 rings (SSSR count). The lowest BCUT2D eigenvalue weighted by Gasteiger charge is -2.22. The highest BCUT2D eigenvalue weighted by Crippen LogP contribution is 2.17. The van der Waals surface area contributed by atoms with Gasteiger partial charge in [0, 0.05) is 19.1 Å². The highest BCUT2D eigenvalue weighted by molar-refractivity contribution is 14.0. The summed E-state index contributed by atoms with van der Waals surface area (Å²) in [6.07, 6.45) is 6.58. The second kappa shape index (κ2) is 12.9. The SMILES string of the molecule is CCNC(=NCC(=O)NC1CCCCC1)NCCc1ccc(F)cc1C.I. The number of aryl methyl sites for hydroxylation is 1. The van der Waals surface area contributed by atoms with E-state index in [1.807, 2.05) is 19.9 Å². The number of benzene rings is 1. The molecule has 1 aromatic carbocycles. The Morgan fingerprint density at radius 1 is 1.22 bits per heavy atom. The number of nitrogens with zero attached hydrogens (tertiary/aromatic N) is 1. The van der Waals surface area contributed by atoms with Gasteiger partial charge < -0.3 is 16.0 Å². The van der Waals surface area contributed by atoms with Gasteiger partial charge in [-0.3, -0.25) is 4.79 Å². The molecule has 0 aliphatic heterocycles. The van der Waals surface area contributed by atoms with Gasteiger partial charge in [0.05, 0.1) is 0 Å². The summed E-state index contributed by atoms with van der Waals surface area (Å²) < 4.78 is 13.2. The Morgan fingerprint density at radius 3 is 2.63 bits per heavy atom. The number of halogens is 2. The zero-order valence-electron chi connectivity index (χ0n) is 16.3. The van der Waals surface area contributed by atoms with Crippen LogP contribution in [0.2, 0.25) is 0 Å². The van der Waals surface area contributed by atoms with Crippen LogP contribution in [0, 0.1) is 12.7 Å². The molecule has 1 fully saturated rings. The number of aliphatic imine (C=N–C) groups is 1.